The van der Waals surface area contributed by atoms with Gasteiger partial charge in [-0.25, -0.2) is 4.39 Å². The molecule has 0 aliphatic carbocycles. The largest absolute Gasteiger partial charge is 0.248 e. The van der Waals surface area contributed by atoms with Gasteiger partial charge < -0.3 is 0 Å². The first kappa shape index (κ1) is 28.1. The molecule has 0 nitrogen and oxygen atoms in total. The highest BCUT2D eigenvalue weighted by atomic mass is 19.1. The molecule has 20 heavy (non-hydrogen) atoms. The normalized spacial score (nSPS) is 10.9. The maximum atomic E-state index is 12.1. The zero-order valence-electron chi connectivity index (χ0n) is 16.5. The molecular weight excluding hydrogens is 247 g/mol. The van der Waals surface area contributed by atoms with Crippen LogP contribution in [0.5, 0.6) is 0 Å². The van der Waals surface area contributed by atoms with Gasteiger partial charge in [-0.05, 0) is 37.5 Å². The molecule has 0 unspecified atom stereocenters. The van der Waals surface area contributed by atoms with Crippen molar-refractivity contribution >= 4 is 0 Å². The van der Waals surface area contributed by atoms with Crippen LogP contribution in [-0.2, 0) is 0 Å². The summed E-state index contributed by atoms with van der Waals surface area (Å²) in [5.74, 6) is 2.42. The van der Waals surface area contributed by atoms with Crippen LogP contribution in [0.2, 0.25) is 0 Å². The molecule has 0 radical (unpaired) electrons. The fourth-order valence-electron chi connectivity index (χ4n) is 1.23. The van der Waals surface area contributed by atoms with Crippen molar-refractivity contribution in [2.24, 2.45) is 17.8 Å². The molecule has 0 aromatic heterocycles. The van der Waals surface area contributed by atoms with E-state index in [9.17, 15) is 4.39 Å². The number of hydrogen-bond donors (Lipinski definition) is 0. The molecule has 0 aliphatic heterocycles. The van der Waals surface area contributed by atoms with Crippen LogP contribution in [0.15, 0.2) is 0 Å². The lowest BCUT2D eigenvalue weighted by Crippen LogP contribution is -1.95. The highest BCUT2D eigenvalue weighted by molar-refractivity contribution is 4.50. The SMILES string of the molecule is CC.CC.CC(C)CCC(C)C.CC(C)CC[C@H](C)F. The second-order valence-corrected chi connectivity index (χ2v) is 6.12. The molecule has 0 fully saturated rings. The van der Waals surface area contributed by atoms with Crippen LogP contribution in [0.3, 0.4) is 0 Å². The van der Waals surface area contributed by atoms with Crippen molar-refractivity contribution in [2.75, 3.05) is 0 Å². The second-order valence-electron chi connectivity index (χ2n) is 6.12. The Morgan fingerprint density at radius 1 is 0.500 bits per heavy atom. The van der Waals surface area contributed by atoms with Gasteiger partial charge in [-0.1, -0.05) is 82.1 Å². The van der Waals surface area contributed by atoms with E-state index >= 15 is 0 Å². The predicted octanol–water partition coefficient (Wildman–Crippen LogP) is 7.91. The van der Waals surface area contributed by atoms with Gasteiger partial charge in [-0.15, -0.1) is 0 Å². The lowest BCUT2D eigenvalue weighted by Gasteiger charge is -2.05. The van der Waals surface area contributed by atoms with Crippen LogP contribution in [0.4, 0.5) is 4.39 Å². The summed E-state index contributed by atoms with van der Waals surface area (Å²) >= 11 is 0. The monoisotopic (exact) mass is 292 g/mol. The van der Waals surface area contributed by atoms with Crippen molar-refractivity contribution in [3.05, 3.63) is 0 Å². The Kier molecular flexibility index (Phi) is 33.7. The summed E-state index contributed by atoms with van der Waals surface area (Å²) in [6, 6.07) is 0. The van der Waals surface area contributed by atoms with Gasteiger partial charge >= 0.3 is 0 Å². The minimum Gasteiger partial charge on any atom is -0.248 e. The van der Waals surface area contributed by atoms with E-state index in [4.69, 9.17) is 0 Å². The Balaban J connectivity index is -0.000000102. The maximum absolute atomic E-state index is 12.1. The second kappa shape index (κ2) is 24.0. The highest BCUT2D eigenvalue weighted by Gasteiger charge is 1.98. The Morgan fingerprint density at radius 3 is 0.800 bits per heavy atom. The Hall–Kier alpha value is -0.0700. The number of halogens is 1. The third-order valence-electron chi connectivity index (χ3n) is 2.46. The first-order chi connectivity index (χ1) is 9.25. The quantitative estimate of drug-likeness (QED) is 0.466. The molecule has 0 aromatic rings. The molecule has 0 saturated carbocycles. The van der Waals surface area contributed by atoms with Crippen molar-refractivity contribution in [1.82, 2.24) is 0 Å². The summed E-state index contributed by atoms with van der Waals surface area (Å²) in [4.78, 5) is 0. The Labute approximate surface area is 130 Å². The third-order valence-corrected chi connectivity index (χ3v) is 2.46. The molecule has 0 N–H and O–H groups in total. The first-order valence-electron chi connectivity index (χ1n) is 8.89. The highest BCUT2D eigenvalue weighted by Crippen LogP contribution is 2.09. The van der Waals surface area contributed by atoms with Crippen LogP contribution >= 0.6 is 0 Å². The van der Waals surface area contributed by atoms with Gasteiger partial charge in [-0.3, -0.25) is 0 Å². The molecular formula is C19H45F. The number of alkyl halides is 1. The fourth-order valence-corrected chi connectivity index (χ4v) is 1.23. The van der Waals surface area contributed by atoms with Crippen LogP contribution in [-0.4, -0.2) is 6.17 Å². The van der Waals surface area contributed by atoms with Crippen molar-refractivity contribution in [2.45, 2.75) is 108 Å². The van der Waals surface area contributed by atoms with Crippen molar-refractivity contribution in [3.8, 4) is 0 Å². The fraction of sp³-hybridized carbons (Fsp3) is 1.00. The van der Waals surface area contributed by atoms with Gasteiger partial charge in [0.05, 0.1) is 6.17 Å². The van der Waals surface area contributed by atoms with Gasteiger partial charge in [0.15, 0.2) is 0 Å². The summed E-state index contributed by atoms with van der Waals surface area (Å²) < 4.78 is 12.1. The van der Waals surface area contributed by atoms with E-state index in [0.29, 0.717) is 5.92 Å². The zero-order chi connectivity index (χ0) is 17.1. The molecule has 0 bridgehead atoms. The molecule has 1 heteroatoms. The molecule has 0 spiro atoms. The summed E-state index contributed by atoms with van der Waals surface area (Å²) in [7, 11) is 0. The summed E-state index contributed by atoms with van der Waals surface area (Å²) in [5.41, 5.74) is 0. The van der Waals surface area contributed by atoms with Gasteiger partial charge in [0.2, 0.25) is 0 Å². The van der Waals surface area contributed by atoms with Gasteiger partial charge in [0, 0.05) is 0 Å². The van der Waals surface area contributed by atoms with Crippen molar-refractivity contribution in [1.29, 1.82) is 0 Å². The molecule has 0 amide bonds. The van der Waals surface area contributed by atoms with E-state index in [2.05, 4.69) is 41.5 Å². The molecule has 128 valence electrons. The smallest absolute Gasteiger partial charge is 0.0973 e. The standard InChI is InChI=1S/C8H18.C7H15F.2C2H6/c1-7(2)5-6-8(3)4;1-6(2)4-5-7(3)8;2*1-2/h7-8H,5-6H2,1-4H3;6-7H,4-5H2,1-3H3;2*1-2H3/t;7-;;/m.0../s1. The lowest BCUT2D eigenvalue weighted by molar-refractivity contribution is 0.318. The molecule has 1 atom stereocenters. The summed E-state index contributed by atoms with van der Waals surface area (Å²) in [5, 5.41) is 0. The predicted molar refractivity (Wildman–Crippen MR) is 96.2 cm³/mol. The van der Waals surface area contributed by atoms with Gasteiger partial charge in [-0.2, -0.15) is 0 Å². The minimum atomic E-state index is -0.614. The number of hydrogen-bond acceptors (Lipinski definition) is 0. The van der Waals surface area contributed by atoms with E-state index in [0.717, 1.165) is 24.7 Å². The van der Waals surface area contributed by atoms with E-state index < -0.39 is 6.17 Å². The average molecular weight is 293 g/mol. The summed E-state index contributed by atoms with van der Waals surface area (Å²) in [6.45, 7) is 23.0. The van der Waals surface area contributed by atoms with E-state index in [1.54, 1.807) is 6.92 Å². The van der Waals surface area contributed by atoms with Crippen LogP contribution in [0.1, 0.15) is 102 Å². The maximum Gasteiger partial charge on any atom is 0.0973 e. The van der Waals surface area contributed by atoms with Crippen LogP contribution < -0.4 is 0 Å². The third kappa shape index (κ3) is 52.1. The Morgan fingerprint density at radius 2 is 0.700 bits per heavy atom. The van der Waals surface area contributed by atoms with E-state index in [-0.39, 0.29) is 0 Å². The topological polar surface area (TPSA) is 0 Å². The van der Waals surface area contributed by atoms with E-state index in [1.165, 1.54) is 12.8 Å². The molecule has 0 heterocycles. The first-order valence-corrected chi connectivity index (χ1v) is 8.89. The van der Waals surface area contributed by atoms with Crippen LogP contribution in [0.25, 0.3) is 0 Å². The average Bonchev–Trinajstić information content (AvgIpc) is 2.39. The van der Waals surface area contributed by atoms with Crippen molar-refractivity contribution < 1.29 is 4.39 Å². The zero-order valence-corrected chi connectivity index (χ0v) is 16.5. The van der Waals surface area contributed by atoms with E-state index in [1.807, 2.05) is 27.7 Å². The van der Waals surface area contributed by atoms with Crippen LogP contribution in [0, 0.1) is 17.8 Å². The molecule has 0 aliphatic rings. The lowest BCUT2D eigenvalue weighted by atomic mass is 10.0. The number of rotatable bonds is 6. The summed E-state index contributed by atoms with van der Waals surface area (Å²) in [6.07, 6.45) is 3.89. The molecule has 0 aromatic carbocycles. The Bertz CT molecular complexity index is 93.7. The van der Waals surface area contributed by atoms with Crippen molar-refractivity contribution in [3.63, 3.8) is 0 Å². The molecule has 0 saturated heterocycles. The van der Waals surface area contributed by atoms with Gasteiger partial charge in [0.25, 0.3) is 0 Å². The molecule has 0 rings (SSSR count). The minimum absolute atomic E-state index is 0.614. The van der Waals surface area contributed by atoms with Gasteiger partial charge in [0.1, 0.15) is 0 Å².